The molecule has 1 aliphatic rings. The van der Waals surface area contributed by atoms with Crippen LogP contribution in [0.3, 0.4) is 0 Å². The van der Waals surface area contributed by atoms with Crippen LogP contribution in [-0.4, -0.2) is 40.7 Å². The SMILES string of the molecule is Cc1cc(OC2CCN(C(=O)OC(C)(C)C)CC2)c(Br)cc1[N+](=O)[O-]. The largest absolute Gasteiger partial charge is 0.489 e. The molecule has 0 aromatic heterocycles. The van der Waals surface area contributed by atoms with Crippen LogP contribution in [0.25, 0.3) is 0 Å². The number of likely N-dealkylation sites (tertiary alicyclic amines) is 1. The van der Waals surface area contributed by atoms with Crippen LogP contribution in [0.5, 0.6) is 5.75 Å². The number of piperidine rings is 1. The molecule has 0 radical (unpaired) electrons. The maximum absolute atomic E-state index is 12.1. The molecule has 0 spiro atoms. The fourth-order valence-corrected chi connectivity index (χ4v) is 3.02. The Morgan fingerprint density at radius 3 is 2.44 bits per heavy atom. The molecule has 1 aliphatic heterocycles. The summed E-state index contributed by atoms with van der Waals surface area (Å²) in [4.78, 5) is 24.3. The summed E-state index contributed by atoms with van der Waals surface area (Å²) in [5.41, 5.74) is 0.0966. The zero-order valence-corrected chi connectivity index (χ0v) is 16.5. The molecule has 1 aromatic carbocycles. The van der Waals surface area contributed by atoms with Crippen LogP contribution >= 0.6 is 15.9 Å². The third kappa shape index (κ3) is 5.32. The van der Waals surface area contributed by atoms with Crippen molar-refractivity contribution in [3.05, 3.63) is 32.3 Å². The van der Waals surface area contributed by atoms with Crippen molar-refractivity contribution in [1.29, 1.82) is 0 Å². The van der Waals surface area contributed by atoms with Crippen molar-refractivity contribution in [2.45, 2.75) is 52.2 Å². The van der Waals surface area contributed by atoms with E-state index < -0.39 is 10.5 Å². The van der Waals surface area contributed by atoms with E-state index in [1.54, 1.807) is 17.9 Å². The molecular formula is C17H23BrN2O5. The predicted octanol–water partition coefficient (Wildman–Crippen LogP) is 4.44. The summed E-state index contributed by atoms with van der Waals surface area (Å²) >= 11 is 3.33. The number of rotatable bonds is 3. The summed E-state index contributed by atoms with van der Waals surface area (Å²) in [6, 6.07) is 3.13. The smallest absolute Gasteiger partial charge is 0.410 e. The molecular weight excluding hydrogens is 392 g/mol. The van der Waals surface area contributed by atoms with Crippen molar-refractivity contribution >= 4 is 27.7 Å². The molecule has 8 heteroatoms. The zero-order valence-electron chi connectivity index (χ0n) is 14.9. The molecule has 25 heavy (non-hydrogen) atoms. The van der Waals surface area contributed by atoms with E-state index in [-0.39, 0.29) is 17.9 Å². The number of halogens is 1. The van der Waals surface area contributed by atoms with Gasteiger partial charge in [-0.25, -0.2) is 4.79 Å². The number of amides is 1. The predicted molar refractivity (Wildman–Crippen MR) is 97.0 cm³/mol. The number of carbonyl (C=O) groups excluding carboxylic acids is 1. The van der Waals surface area contributed by atoms with Gasteiger partial charge in [0.15, 0.2) is 0 Å². The first-order valence-corrected chi connectivity index (χ1v) is 8.95. The van der Waals surface area contributed by atoms with Crippen molar-refractivity contribution in [2.75, 3.05) is 13.1 Å². The van der Waals surface area contributed by atoms with Gasteiger partial charge in [-0.1, -0.05) is 0 Å². The van der Waals surface area contributed by atoms with Gasteiger partial charge in [-0.05, 0) is 49.7 Å². The minimum absolute atomic E-state index is 0.0455. The first-order chi connectivity index (χ1) is 11.6. The monoisotopic (exact) mass is 414 g/mol. The Morgan fingerprint density at radius 2 is 1.92 bits per heavy atom. The van der Waals surface area contributed by atoms with Gasteiger partial charge < -0.3 is 14.4 Å². The standard InChI is InChI=1S/C17H23BrN2O5/c1-11-9-15(13(18)10-14(11)20(22)23)24-12-5-7-19(8-6-12)16(21)25-17(2,3)4/h9-10,12H,5-8H2,1-4H3. The number of nitro groups is 1. The van der Waals surface area contributed by atoms with Gasteiger partial charge in [0.05, 0.1) is 9.40 Å². The second-order valence-electron chi connectivity index (χ2n) is 7.11. The van der Waals surface area contributed by atoms with Crippen LogP contribution in [0.15, 0.2) is 16.6 Å². The first-order valence-electron chi connectivity index (χ1n) is 8.16. The lowest BCUT2D eigenvalue weighted by atomic mass is 10.1. The number of ether oxygens (including phenoxy) is 2. The van der Waals surface area contributed by atoms with E-state index in [2.05, 4.69) is 15.9 Å². The van der Waals surface area contributed by atoms with E-state index in [1.807, 2.05) is 20.8 Å². The minimum Gasteiger partial charge on any atom is -0.489 e. The highest BCUT2D eigenvalue weighted by molar-refractivity contribution is 9.10. The molecule has 1 heterocycles. The topological polar surface area (TPSA) is 81.9 Å². The van der Waals surface area contributed by atoms with Crippen LogP contribution in [0.4, 0.5) is 10.5 Å². The third-order valence-corrected chi connectivity index (χ3v) is 4.45. The number of hydrogen-bond acceptors (Lipinski definition) is 5. The fraction of sp³-hybridized carbons (Fsp3) is 0.588. The van der Waals surface area contributed by atoms with Crippen LogP contribution in [0.1, 0.15) is 39.2 Å². The average molecular weight is 415 g/mol. The minimum atomic E-state index is -0.508. The summed E-state index contributed by atoms with van der Waals surface area (Å²) < 4.78 is 11.9. The molecule has 1 aromatic rings. The molecule has 138 valence electrons. The fourth-order valence-electron chi connectivity index (χ4n) is 2.59. The molecule has 1 fully saturated rings. The van der Waals surface area contributed by atoms with Crippen LogP contribution in [0, 0.1) is 17.0 Å². The van der Waals surface area contributed by atoms with Gasteiger partial charge in [0, 0.05) is 37.6 Å². The lowest BCUT2D eigenvalue weighted by Gasteiger charge is -2.33. The summed E-state index contributed by atoms with van der Waals surface area (Å²) in [6.07, 6.45) is 1.01. The van der Waals surface area contributed by atoms with Crippen molar-refractivity contribution < 1.29 is 19.2 Å². The highest BCUT2D eigenvalue weighted by Gasteiger charge is 2.28. The summed E-state index contributed by atoms with van der Waals surface area (Å²) in [5, 5.41) is 11.0. The third-order valence-electron chi connectivity index (χ3n) is 3.83. The highest BCUT2D eigenvalue weighted by atomic mass is 79.9. The van der Waals surface area contributed by atoms with Gasteiger partial charge in [-0.2, -0.15) is 0 Å². The van der Waals surface area contributed by atoms with E-state index >= 15 is 0 Å². The Balaban J connectivity index is 1.95. The quantitative estimate of drug-likeness (QED) is 0.538. The van der Waals surface area contributed by atoms with Gasteiger partial charge in [0.1, 0.15) is 17.5 Å². The first kappa shape index (κ1) is 19.5. The number of benzene rings is 1. The van der Waals surface area contributed by atoms with Crippen LogP contribution in [-0.2, 0) is 4.74 Å². The van der Waals surface area contributed by atoms with Gasteiger partial charge in [0.25, 0.3) is 5.69 Å². The maximum atomic E-state index is 12.1. The Kier molecular flexibility index (Phi) is 5.92. The molecule has 0 N–H and O–H groups in total. The second kappa shape index (κ2) is 7.59. The zero-order chi connectivity index (χ0) is 18.8. The molecule has 0 unspecified atom stereocenters. The molecule has 0 saturated carbocycles. The molecule has 1 saturated heterocycles. The average Bonchev–Trinajstić information content (AvgIpc) is 2.49. The highest BCUT2D eigenvalue weighted by Crippen LogP contribution is 2.34. The van der Waals surface area contributed by atoms with Crippen LogP contribution in [0.2, 0.25) is 0 Å². The normalized spacial score (nSPS) is 15.8. The Hall–Kier alpha value is -1.83. The van der Waals surface area contributed by atoms with E-state index in [9.17, 15) is 14.9 Å². The molecule has 0 aliphatic carbocycles. The van der Waals surface area contributed by atoms with E-state index in [1.165, 1.54) is 6.07 Å². The number of nitrogens with zero attached hydrogens (tertiary/aromatic N) is 2. The number of nitro benzene ring substituents is 1. The molecule has 0 atom stereocenters. The number of carbonyl (C=O) groups is 1. The molecule has 7 nitrogen and oxygen atoms in total. The summed E-state index contributed by atoms with van der Waals surface area (Å²) in [7, 11) is 0. The van der Waals surface area contributed by atoms with Gasteiger partial charge >= 0.3 is 6.09 Å². The van der Waals surface area contributed by atoms with E-state index in [0.29, 0.717) is 41.7 Å². The number of hydrogen-bond donors (Lipinski definition) is 0. The number of aryl methyl sites for hydroxylation is 1. The van der Waals surface area contributed by atoms with Gasteiger partial charge in [0.2, 0.25) is 0 Å². The second-order valence-corrected chi connectivity index (χ2v) is 7.97. The molecule has 1 amide bonds. The Bertz CT molecular complexity index is 664. The van der Waals surface area contributed by atoms with Crippen molar-refractivity contribution in [3.63, 3.8) is 0 Å². The van der Waals surface area contributed by atoms with Crippen LogP contribution < -0.4 is 4.74 Å². The van der Waals surface area contributed by atoms with Gasteiger partial charge in [-0.15, -0.1) is 0 Å². The Labute approximate surface area is 155 Å². The van der Waals surface area contributed by atoms with E-state index in [4.69, 9.17) is 9.47 Å². The molecule has 0 bridgehead atoms. The van der Waals surface area contributed by atoms with Crippen molar-refractivity contribution in [2.24, 2.45) is 0 Å². The lowest BCUT2D eigenvalue weighted by Crippen LogP contribution is -2.44. The maximum Gasteiger partial charge on any atom is 0.410 e. The molecule has 2 rings (SSSR count). The van der Waals surface area contributed by atoms with Gasteiger partial charge in [-0.3, -0.25) is 10.1 Å². The van der Waals surface area contributed by atoms with Crippen molar-refractivity contribution in [3.8, 4) is 5.75 Å². The van der Waals surface area contributed by atoms with Crippen molar-refractivity contribution in [1.82, 2.24) is 4.90 Å². The summed E-state index contributed by atoms with van der Waals surface area (Å²) in [6.45, 7) is 8.33. The van der Waals surface area contributed by atoms with E-state index in [0.717, 1.165) is 0 Å². The Morgan fingerprint density at radius 1 is 1.32 bits per heavy atom. The summed E-state index contributed by atoms with van der Waals surface area (Å²) in [5.74, 6) is 0.582. The lowest BCUT2D eigenvalue weighted by molar-refractivity contribution is -0.385.